The summed E-state index contributed by atoms with van der Waals surface area (Å²) in [7, 11) is 0. The molecule has 21 heavy (non-hydrogen) atoms. The molecule has 0 amide bonds. The summed E-state index contributed by atoms with van der Waals surface area (Å²) < 4.78 is 2.28. The Bertz CT molecular complexity index is 583. The zero-order valence-electron chi connectivity index (χ0n) is 11.7. The maximum absolute atomic E-state index is 12.4. The number of carbonyl (C=O) groups is 1. The molecule has 0 bridgehead atoms. The molecule has 0 aliphatic carbocycles. The fourth-order valence-corrected chi connectivity index (χ4v) is 3.37. The number of hydrogen-bond donors (Lipinski definition) is 0. The minimum absolute atomic E-state index is 0.0977. The monoisotopic (exact) mass is 299 g/mol. The Hall–Kier alpha value is -1.72. The fraction of sp³-hybridized carbons (Fsp3) is 0.312. The average molecular weight is 299 g/mol. The second-order valence-electron chi connectivity index (χ2n) is 5.04. The fourth-order valence-electron chi connectivity index (χ4n) is 2.46. The Labute approximate surface area is 128 Å². The molecule has 2 aromatic rings. The van der Waals surface area contributed by atoms with Gasteiger partial charge in [0.2, 0.25) is 0 Å². The van der Waals surface area contributed by atoms with Crippen molar-refractivity contribution in [1.82, 2.24) is 14.3 Å². The summed E-state index contributed by atoms with van der Waals surface area (Å²) in [6.45, 7) is 1.81. The molecule has 1 fully saturated rings. The van der Waals surface area contributed by atoms with Gasteiger partial charge in [-0.1, -0.05) is 12.1 Å². The first-order chi connectivity index (χ1) is 10.3. The highest BCUT2D eigenvalue weighted by atomic mass is 32.2. The standard InChI is InChI=1S/C16H17N3OS/c20-16(14-5-1-3-9-17-14)13-7-11-19(12-8-13)21-15-6-2-4-10-18-15/h1-6,9-10,13H,7-8,11-12H2. The van der Waals surface area contributed by atoms with Gasteiger partial charge in [0.15, 0.2) is 5.78 Å². The predicted octanol–water partition coefficient (Wildman–Crippen LogP) is 3.08. The van der Waals surface area contributed by atoms with Crippen molar-refractivity contribution in [3.8, 4) is 0 Å². The maximum Gasteiger partial charge on any atom is 0.184 e. The van der Waals surface area contributed by atoms with Crippen LogP contribution in [-0.4, -0.2) is 33.1 Å². The second-order valence-corrected chi connectivity index (χ2v) is 6.16. The summed E-state index contributed by atoms with van der Waals surface area (Å²) in [5.74, 6) is 0.276. The van der Waals surface area contributed by atoms with Crippen molar-refractivity contribution >= 4 is 17.7 Å². The van der Waals surface area contributed by atoms with E-state index in [1.54, 1.807) is 30.4 Å². The van der Waals surface area contributed by atoms with Crippen LogP contribution in [0.15, 0.2) is 53.8 Å². The number of carbonyl (C=O) groups excluding carboxylic acids is 1. The number of pyridine rings is 2. The number of aromatic nitrogens is 2. The Kier molecular flexibility index (Phi) is 4.62. The molecule has 1 aliphatic heterocycles. The Balaban J connectivity index is 1.54. The van der Waals surface area contributed by atoms with Crippen LogP contribution in [0.1, 0.15) is 23.3 Å². The molecule has 0 unspecified atom stereocenters. The van der Waals surface area contributed by atoms with Crippen molar-refractivity contribution in [2.75, 3.05) is 13.1 Å². The lowest BCUT2D eigenvalue weighted by Gasteiger charge is -2.29. The highest BCUT2D eigenvalue weighted by molar-refractivity contribution is 7.97. The normalized spacial score (nSPS) is 16.8. The number of piperidine rings is 1. The molecule has 2 aromatic heterocycles. The number of rotatable bonds is 4. The number of Topliss-reactive ketones (excluding diaryl/α,β-unsaturated/α-hetero) is 1. The Morgan fingerprint density at radius 1 is 1.05 bits per heavy atom. The quantitative estimate of drug-likeness (QED) is 0.641. The van der Waals surface area contributed by atoms with Gasteiger partial charge in [-0.25, -0.2) is 9.29 Å². The zero-order chi connectivity index (χ0) is 14.5. The molecule has 0 radical (unpaired) electrons. The van der Waals surface area contributed by atoms with E-state index < -0.39 is 0 Å². The van der Waals surface area contributed by atoms with Crippen LogP contribution in [0.4, 0.5) is 0 Å². The van der Waals surface area contributed by atoms with Gasteiger partial charge < -0.3 is 0 Å². The molecule has 0 saturated carbocycles. The summed E-state index contributed by atoms with van der Waals surface area (Å²) in [6.07, 6.45) is 5.25. The van der Waals surface area contributed by atoms with Gasteiger partial charge in [0.05, 0.1) is 0 Å². The molecule has 0 spiro atoms. The van der Waals surface area contributed by atoms with Gasteiger partial charge in [-0.3, -0.25) is 9.78 Å². The van der Waals surface area contributed by atoms with E-state index in [1.807, 2.05) is 30.3 Å². The largest absolute Gasteiger partial charge is 0.292 e. The lowest BCUT2D eigenvalue weighted by atomic mass is 9.92. The number of nitrogens with zero attached hydrogens (tertiary/aromatic N) is 3. The minimum atomic E-state index is 0.0977. The van der Waals surface area contributed by atoms with E-state index in [0.29, 0.717) is 5.69 Å². The molecule has 3 heterocycles. The van der Waals surface area contributed by atoms with E-state index in [9.17, 15) is 4.79 Å². The summed E-state index contributed by atoms with van der Waals surface area (Å²) in [5.41, 5.74) is 0.591. The predicted molar refractivity (Wildman–Crippen MR) is 83.0 cm³/mol. The first-order valence-corrected chi connectivity index (χ1v) is 7.89. The molecule has 0 aromatic carbocycles. The average Bonchev–Trinajstić information content (AvgIpc) is 2.57. The van der Waals surface area contributed by atoms with Crippen molar-refractivity contribution in [3.63, 3.8) is 0 Å². The van der Waals surface area contributed by atoms with E-state index in [4.69, 9.17) is 0 Å². The van der Waals surface area contributed by atoms with E-state index in [2.05, 4.69) is 14.3 Å². The lowest BCUT2D eigenvalue weighted by molar-refractivity contribution is 0.0873. The molecule has 0 atom stereocenters. The molecule has 0 N–H and O–H groups in total. The third-order valence-corrected chi connectivity index (χ3v) is 4.65. The smallest absolute Gasteiger partial charge is 0.184 e. The Morgan fingerprint density at radius 2 is 1.76 bits per heavy atom. The van der Waals surface area contributed by atoms with Gasteiger partial charge in [0.25, 0.3) is 0 Å². The van der Waals surface area contributed by atoms with Gasteiger partial charge in [-0.05, 0) is 49.1 Å². The van der Waals surface area contributed by atoms with Crippen molar-refractivity contribution in [2.24, 2.45) is 5.92 Å². The Morgan fingerprint density at radius 3 is 2.38 bits per heavy atom. The zero-order valence-corrected chi connectivity index (χ0v) is 12.5. The highest BCUT2D eigenvalue weighted by Crippen LogP contribution is 2.28. The van der Waals surface area contributed by atoms with Gasteiger partial charge >= 0.3 is 0 Å². The van der Waals surface area contributed by atoms with Crippen LogP contribution in [0.25, 0.3) is 0 Å². The van der Waals surface area contributed by atoms with Crippen LogP contribution in [-0.2, 0) is 0 Å². The summed E-state index contributed by atoms with van der Waals surface area (Å²) in [6, 6.07) is 11.4. The van der Waals surface area contributed by atoms with E-state index in [0.717, 1.165) is 31.0 Å². The summed E-state index contributed by atoms with van der Waals surface area (Å²) in [4.78, 5) is 20.8. The van der Waals surface area contributed by atoms with Crippen LogP contribution in [0.2, 0.25) is 0 Å². The molecule has 5 heteroatoms. The summed E-state index contributed by atoms with van der Waals surface area (Å²) in [5, 5.41) is 1.01. The van der Waals surface area contributed by atoms with Crippen LogP contribution in [0.3, 0.4) is 0 Å². The number of ketones is 1. The summed E-state index contributed by atoms with van der Waals surface area (Å²) >= 11 is 1.67. The molecule has 108 valence electrons. The number of hydrogen-bond acceptors (Lipinski definition) is 5. The van der Waals surface area contributed by atoms with Crippen LogP contribution >= 0.6 is 11.9 Å². The minimum Gasteiger partial charge on any atom is -0.292 e. The third-order valence-electron chi connectivity index (χ3n) is 3.60. The van der Waals surface area contributed by atoms with Crippen molar-refractivity contribution < 1.29 is 4.79 Å². The lowest BCUT2D eigenvalue weighted by Crippen LogP contribution is -2.32. The first kappa shape index (κ1) is 14.2. The molecule has 1 aliphatic rings. The van der Waals surface area contributed by atoms with Crippen molar-refractivity contribution in [1.29, 1.82) is 0 Å². The topological polar surface area (TPSA) is 46.1 Å². The molecular weight excluding hydrogens is 282 g/mol. The van der Waals surface area contributed by atoms with E-state index in [1.165, 1.54) is 0 Å². The van der Waals surface area contributed by atoms with Gasteiger partial charge in [-0.2, -0.15) is 0 Å². The maximum atomic E-state index is 12.4. The SMILES string of the molecule is O=C(c1ccccn1)C1CCN(Sc2ccccn2)CC1. The molecule has 1 saturated heterocycles. The van der Waals surface area contributed by atoms with Gasteiger partial charge in [0.1, 0.15) is 10.7 Å². The van der Waals surface area contributed by atoms with Gasteiger partial charge in [0, 0.05) is 31.4 Å². The van der Waals surface area contributed by atoms with Crippen molar-refractivity contribution in [2.45, 2.75) is 17.9 Å². The van der Waals surface area contributed by atoms with Gasteiger partial charge in [-0.15, -0.1) is 0 Å². The molecular formula is C16H17N3OS. The van der Waals surface area contributed by atoms with E-state index >= 15 is 0 Å². The van der Waals surface area contributed by atoms with Crippen LogP contribution < -0.4 is 0 Å². The molecule has 4 nitrogen and oxygen atoms in total. The van der Waals surface area contributed by atoms with Crippen LogP contribution in [0.5, 0.6) is 0 Å². The third kappa shape index (κ3) is 3.68. The van der Waals surface area contributed by atoms with E-state index in [-0.39, 0.29) is 11.7 Å². The first-order valence-electron chi connectivity index (χ1n) is 7.12. The van der Waals surface area contributed by atoms with Crippen LogP contribution in [0, 0.1) is 5.92 Å². The molecule has 3 rings (SSSR count). The van der Waals surface area contributed by atoms with Crippen molar-refractivity contribution in [3.05, 3.63) is 54.5 Å². The highest BCUT2D eigenvalue weighted by Gasteiger charge is 2.26. The second kappa shape index (κ2) is 6.83.